The highest BCUT2D eigenvalue weighted by atomic mass is 79.9. The minimum absolute atomic E-state index is 0.237. The van der Waals surface area contributed by atoms with Crippen LogP contribution >= 0.6 is 15.9 Å². The molecule has 2 nitrogen and oxygen atoms in total. The van der Waals surface area contributed by atoms with Gasteiger partial charge in [-0.15, -0.1) is 0 Å². The van der Waals surface area contributed by atoms with Gasteiger partial charge in [0.2, 0.25) is 0 Å². The zero-order chi connectivity index (χ0) is 14.2. The molecule has 1 aliphatic rings. The van der Waals surface area contributed by atoms with Gasteiger partial charge in [-0.2, -0.15) is 0 Å². The van der Waals surface area contributed by atoms with Gasteiger partial charge in [0.25, 0.3) is 0 Å². The van der Waals surface area contributed by atoms with E-state index in [0.717, 1.165) is 23.9 Å². The van der Waals surface area contributed by atoms with Crippen molar-refractivity contribution in [2.24, 2.45) is 0 Å². The fourth-order valence-corrected chi connectivity index (χ4v) is 2.99. The van der Waals surface area contributed by atoms with Crippen LogP contribution in [-0.4, -0.2) is 20.4 Å². The summed E-state index contributed by atoms with van der Waals surface area (Å²) >= 11 is 3.58. The summed E-state index contributed by atoms with van der Waals surface area (Å²) in [5.74, 6) is 0. The van der Waals surface area contributed by atoms with Gasteiger partial charge in [-0.3, -0.25) is 4.98 Å². The quantitative estimate of drug-likeness (QED) is 0.741. The molecule has 2 rings (SSSR count). The molecule has 0 saturated carbocycles. The summed E-state index contributed by atoms with van der Waals surface area (Å²) in [6.07, 6.45) is 4.27. The second-order valence-corrected chi connectivity index (χ2v) is 10.5. The highest BCUT2D eigenvalue weighted by molar-refractivity contribution is 9.10. The molecule has 0 fully saturated rings. The van der Waals surface area contributed by atoms with Crippen LogP contribution in [0.25, 0.3) is 0 Å². The first-order valence-corrected chi connectivity index (χ1v) is 10.2. The largest absolute Gasteiger partial charge is 0.373 e. The number of halogens is 1. The first-order valence-electron chi connectivity index (χ1n) is 6.89. The maximum Gasteiger partial charge on any atom is 0.0849 e. The Bertz CT molecular complexity index is 473. The molecular formula is C15H23BrNOSi. The third-order valence-electron chi connectivity index (χ3n) is 4.37. The van der Waals surface area contributed by atoms with Gasteiger partial charge >= 0.3 is 0 Å². The molecule has 0 bridgehead atoms. The molecule has 0 amide bonds. The van der Waals surface area contributed by atoms with E-state index < -0.39 is 0 Å². The van der Waals surface area contributed by atoms with Crippen molar-refractivity contribution >= 4 is 24.7 Å². The van der Waals surface area contributed by atoms with Crippen LogP contribution in [0.4, 0.5) is 0 Å². The normalized spacial score (nSPS) is 19.0. The number of aryl methyl sites for hydroxylation is 1. The molecule has 1 aromatic heterocycles. The number of rotatable bonds is 4. The minimum atomic E-state index is -0.347. The van der Waals surface area contributed by atoms with Crippen molar-refractivity contribution in [3.05, 3.63) is 27.5 Å². The van der Waals surface area contributed by atoms with Crippen LogP contribution in [-0.2, 0) is 11.2 Å². The van der Waals surface area contributed by atoms with Crippen LogP contribution in [0.15, 0.2) is 10.7 Å². The van der Waals surface area contributed by atoms with Gasteiger partial charge in [0.1, 0.15) is 0 Å². The zero-order valence-corrected chi connectivity index (χ0v) is 15.1. The van der Waals surface area contributed by atoms with E-state index in [4.69, 9.17) is 4.74 Å². The molecule has 0 aromatic carbocycles. The first kappa shape index (κ1) is 15.2. The van der Waals surface area contributed by atoms with E-state index in [0.29, 0.717) is 5.04 Å². The Kier molecular flexibility index (Phi) is 4.53. The zero-order valence-electron chi connectivity index (χ0n) is 12.5. The fraction of sp³-hybridized carbons (Fsp3) is 0.667. The highest BCUT2D eigenvalue weighted by Crippen LogP contribution is 2.39. The average molecular weight is 341 g/mol. The Morgan fingerprint density at radius 3 is 2.79 bits per heavy atom. The van der Waals surface area contributed by atoms with E-state index in [1.165, 1.54) is 16.8 Å². The second kappa shape index (κ2) is 5.66. The lowest BCUT2D eigenvalue weighted by Gasteiger charge is -2.29. The van der Waals surface area contributed by atoms with Gasteiger partial charge in [-0.1, -0.05) is 26.9 Å². The lowest BCUT2D eigenvalue weighted by atomic mass is 10.1. The molecule has 1 radical (unpaired) electrons. The lowest BCUT2D eigenvalue weighted by Crippen LogP contribution is -2.27. The van der Waals surface area contributed by atoms with Crippen LogP contribution in [0.3, 0.4) is 0 Å². The smallest absolute Gasteiger partial charge is 0.0849 e. The Balaban J connectivity index is 2.13. The summed E-state index contributed by atoms with van der Waals surface area (Å²) in [5, 5.41) is 0.320. The van der Waals surface area contributed by atoms with E-state index in [-0.39, 0.29) is 14.9 Å². The van der Waals surface area contributed by atoms with Gasteiger partial charge in [0.05, 0.1) is 14.9 Å². The molecule has 0 aliphatic heterocycles. The number of fused-ring (bicyclic) bond motifs is 1. The number of aromatic nitrogens is 1. The van der Waals surface area contributed by atoms with Gasteiger partial charge < -0.3 is 4.74 Å². The van der Waals surface area contributed by atoms with Crippen molar-refractivity contribution in [3.63, 3.8) is 0 Å². The summed E-state index contributed by atoms with van der Waals surface area (Å²) in [4.78, 5) is 4.53. The van der Waals surface area contributed by atoms with Crippen molar-refractivity contribution in [2.75, 3.05) is 6.61 Å². The van der Waals surface area contributed by atoms with E-state index in [1.807, 2.05) is 6.20 Å². The maximum atomic E-state index is 6.26. The van der Waals surface area contributed by atoms with Crippen molar-refractivity contribution in [1.29, 1.82) is 0 Å². The Morgan fingerprint density at radius 1 is 1.47 bits per heavy atom. The monoisotopic (exact) mass is 340 g/mol. The summed E-state index contributed by atoms with van der Waals surface area (Å²) < 4.78 is 7.35. The van der Waals surface area contributed by atoms with Crippen molar-refractivity contribution in [2.45, 2.75) is 57.8 Å². The van der Waals surface area contributed by atoms with Crippen molar-refractivity contribution in [3.8, 4) is 0 Å². The molecule has 19 heavy (non-hydrogen) atoms. The topological polar surface area (TPSA) is 22.1 Å². The number of hydrogen-bond donors (Lipinski definition) is 0. The molecular weight excluding hydrogens is 318 g/mol. The maximum absolute atomic E-state index is 6.26. The molecule has 1 aliphatic carbocycles. The molecule has 105 valence electrons. The predicted molar refractivity (Wildman–Crippen MR) is 85.2 cm³/mol. The number of hydrogen-bond acceptors (Lipinski definition) is 2. The van der Waals surface area contributed by atoms with Crippen molar-refractivity contribution < 1.29 is 4.74 Å². The lowest BCUT2D eigenvalue weighted by molar-refractivity contribution is 0.0387. The van der Waals surface area contributed by atoms with E-state index in [1.54, 1.807) is 0 Å². The molecule has 0 N–H and O–H groups in total. The molecule has 0 spiro atoms. The third kappa shape index (κ3) is 3.11. The summed E-state index contributed by atoms with van der Waals surface area (Å²) in [5.41, 5.74) is 3.84. The second-order valence-electron chi connectivity index (χ2n) is 6.31. The number of ether oxygens (including phenoxy) is 1. The van der Waals surface area contributed by atoms with Gasteiger partial charge in [0, 0.05) is 28.5 Å². The van der Waals surface area contributed by atoms with Gasteiger partial charge in [-0.05, 0) is 46.3 Å². The fourth-order valence-electron chi connectivity index (χ4n) is 2.30. The van der Waals surface area contributed by atoms with E-state index >= 15 is 0 Å². The molecule has 4 heteroatoms. The summed E-state index contributed by atoms with van der Waals surface area (Å²) in [6.45, 7) is 12.4. The molecule has 1 unspecified atom stereocenters. The standard InChI is InChI=1S/C15H23BrNOSi/c1-10-11(16)8-17-12-6-7-13(14(10)12)18-9-15(2,3)19(4)5/h8,13H,6-7,9H2,1-5H3. The first-order chi connectivity index (χ1) is 8.83. The van der Waals surface area contributed by atoms with Gasteiger partial charge in [-0.25, -0.2) is 0 Å². The van der Waals surface area contributed by atoms with Crippen LogP contribution < -0.4 is 0 Å². The molecule has 1 aromatic rings. The van der Waals surface area contributed by atoms with Crippen LogP contribution in [0.1, 0.15) is 43.2 Å². The highest BCUT2D eigenvalue weighted by Gasteiger charge is 2.30. The Labute approximate surface area is 126 Å². The van der Waals surface area contributed by atoms with Gasteiger partial charge in [0.15, 0.2) is 0 Å². The Hall–Kier alpha value is -0.193. The Morgan fingerprint density at radius 2 is 2.16 bits per heavy atom. The summed E-state index contributed by atoms with van der Waals surface area (Å²) in [6, 6.07) is 0. The SMILES string of the molecule is Cc1c(Br)cnc2c1C(OCC(C)(C)[Si](C)C)CC2. The van der Waals surface area contributed by atoms with Crippen LogP contribution in [0.5, 0.6) is 0 Å². The number of nitrogens with zero attached hydrogens (tertiary/aromatic N) is 1. The predicted octanol–water partition coefficient (Wildman–Crippen LogP) is 4.69. The van der Waals surface area contributed by atoms with E-state index in [9.17, 15) is 0 Å². The summed E-state index contributed by atoms with van der Waals surface area (Å²) in [7, 11) is -0.347. The van der Waals surface area contributed by atoms with E-state index in [2.05, 4.69) is 54.8 Å². The van der Waals surface area contributed by atoms with Crippen LogP contribution in [0.2, 0.25) is 18.1 Å². The van der Waals surface area contributed by atoms with Crippen molar-refractivity contribution in [1.82, 2.24) is 4.98 Å². The van der Waals surface area contributed by atoms with Crippen LogP contribution in [0, 0.1) is 6.92 Å². The molecule has 1 atom stereocenters. The third-order valence-corrected chi connectivity index (χ3v) is 8.02. The molecule has 0 saturated heterocycles. The average Bonchev–Trinajstić information content (AvgIpc) is 2.75. The molecule has 1 heterocycles. The number of pyridine rings is 1. The minimum Gasteiger partial charge on any atom is -0.373 e.